The summed E-state index contributed by atoms with van der Waals surface area (Å²) in [5, 5.41) is 1.36. The molecule has 2 rings (SSSR count). The van der Waals surface area contributed by atoms with Gasteiger partial charge in [0.15, 0.2) is 0 Å². The summed E-state index contributed by atoms with van der Waals surface area (Å²) < 4.78 is 29.2. The molecule has 5 heteroatoms. The first-order chi connectivity index (χ1) is 7.18. The smallest absolute Gasteiger partial charge is 0.388 e. The standard InChI is InChI=1S/C10H6BrF2NO/c11-8-5-14-9(15-10(12)13)7-4-2-1-3-6(7)8/h1-5,10H. The van der Waals surface area contributed by atoms with Crippen LogP contribution in [0.2, 0.25) is 0 Å². The molecule has 0 radical (unpaired) electrons. The molecule has 1 aromatic carbocycles. The highest BCUT2D eigenvalue weighted by molar-refractivity contribution is 9.10. The maximum absolute atomic E-state index is 12.1. The van der Waals surface area contributed by atoms with Crippen molar-refractivity contribution in [3.05, 3.63) is 34.9 Å². The molecule has 0 aliphatic heterocycles. The van der Waals surface area contributed by atoms with E-state index in [9.17, 15) is 8.78 Å². The maximum atomic E-state index is 12.1. The fourth-order valence-electron chi connectivity index (χ4n) is 1.31. The third-order valence-corrected chi connectivity index (χ3v) is 2.54. The molecular formula is C10H6BrF2NO. The summed E-state index contributed by atoms with van der Waals surface area (Å²) in [4.78, 5) is 3.80. The highest BCUT2D eigenvalue weighted by Gasteiger charge is 2.10. The lowest BCUT2D eigenvalue weighted by atomic mass is 10.2. The molecule has 2 aromatic rings. The van der Waals surface area contributed by atoms with E-state index in [2.05, 4.69) is 25.7 Å². The van der Waals surface area contributed by atoms with Crippen molar-refractivity contribution in [2.75, 3.05) is 0 Å². The minimum absolute atomic E-state index is 0.0520. The van der Waals surface area contributed by atoms with Gasteiger partial charge in [-0.2, -0.15) is 8.78 Å². The summed E-state index contributed by atoms with van der Waals surface area (Å²) in [6.07, 6.45) is 1.44. The summed E-state index contributed by atoms with van der Waals surface area (Å²) in [6.45, 7) is -2.86. The van der Waals surface area contributed by atoms with Gasteiger partial charge in [-0.1, -0.05) is 18.2 Å². The SMILES string of the molecule is FC(F)Oc1ncc(Br)c2ccccc12. The molecule has 2 nitrogen and oxygen atoms in total. The normalized spacial score (nSPS) is 10.9. The van der Waals surface area contributed by atoms with E-state index in [4.69, 9.17) is 0 Å². The zero-order chi connectivity index (χ0) is 10.8. The van der Waals surface area contributed by atoms with Crippen molar-refractivity contribution >= 4 is 26.7 Å². The lowest BCUT2D eigenvalue weighted by molar-refractivity contribution is -0.0517. The van der Waals surface area contributed by atoms with Gasteiger partial charge in [-0.3, -0.25) is 0 Å². The Hall–Kier alpha value is -1.23. The second-order valence-corrected chi connectivity index (χ2v) is 3.69. The topological polar surface area (TPSA) is 22.1 Å². The lowest BCUT2D eigenvalue weighted by Crippen LogP contribution is -2.04. The Morgan fingerprint density at radius 1 is 1.20 bits per heavy atom. The second kappa shape index (κ2) is 4.10. The van der Waals surface area contributed by atoms with E-state index < -0.39 is 6.61 Å². The summed E-state index contributed by atoms with van der Waals surface area (Å²) in [7, 11) is 0. The first-order valence-electron chi connectivity index (χ1n) is 4.16. The van der Waals surface area contributed by atoms with Crippen LogP contribution in [0.5, 0.6) is 5.88 Å². The molecule has 0 fully saturated rings. The van der Waals surface area contributed by atoms with E-state index in [1.54, 1.807) is 18.2 Å². The predicted molar refractivity (Wildman–Crippen MR) is 56.1 cm³/mol. The largest absolute Gasteiger partial charge is 0.416 e. The van der Waals surface area contributed by atoms with Crippen molar-refractivity contribution in [2.45, 2.75) is 6.61 Å². The van der Waals surface area contributed by atoms with Crippen LogP contribution in [0.1, 0.15) is 0 Å². The van der Waals surface area contributed by atoms with Crippen LogP contribution >= 0.6 is 15.9 Å². The molecule has 0 saturated heterocycles. The second-order valence-electron chi connectivity index (χ2n) is 2.84. The fourth-order valence-corrected chi connectivity index (χ4v) is 1.76. The minimum Gasteiger partial charge on any atom is -0.416 e. The van der Waals surface area contributed by atoms with Crippen LogP contribution in [0, 0.1) is 0 Å². The van der Waals surface area contributed by atoms with E-state index in [-0.39, 0.29) is 5.88 Å². The molecule has 0 bridgehead atoms. The summed E-state index contributed by atoms with van der Waals surface area (Å²) in [6, 6.07) is 7.05. The van der Waals surface area contributed by atoms with Crippen molar-refractivity contribution in [1.82, 2.24) is 4.98 Å². The lowest BCUT2D eigenvalue weighted by Gasteiger charge is -2.07. The quantitative estimate of drug-likeness (QED) is 0.834. The van der Waals surface area contributed by atoms with E-state index >= 15 is 0 Å². The van der Waals surface area contributed by atoms with Crippen LogP contribution in [0.3, 0.4) is 0 Å². The molecule has 0 N–H and O–H groups in total. The van der Waals surface area contributed by atoms with Gasteiger partial charge in [-0.15, -0.1) is 0 Å². The van der Waals surface area contributed by atoms with Crippen LogP contribution in [-0.4, -0.2) is 11.6 Å². The van der Waals surface area contributed by atoms with Gasteiger partial charge in [0, 0.05) is 21.4 Å². The molecule has 1 aromatic heterocycles. The molecule has 0 aliphatic rings. The fraction of sp³-hybridized carbons (Fsp3) is 0.100. The number of hydrogen-bond donors (Lipinski definition) is 0. The van der Waals surface area contributed by atoms with Crippen molar-refractivity contribution in [3.8, 4) is 5.88 Å². The van der Waals surface area contributed by atoms with Crippen LogP contribution in [-0.2, 0) is 0 Å². The molecule has 15 heavy (non-hydrogen) atoms. The van der Waals surface area contributed by atoms with E-state index in [0.29, 0.717) is 5.39 Å². The number of rotatable bonds is 2. The highest BCUT2D eigenvalue weighted by Crippen LogP contribution is 2.29. The summed E-state index contributed by atoms with van der Waals surface area (Å²) in [5.74, 6) is -0.0520. The third-order valence-electron chi connectivity index (χ3n) is 1.91. The Morgan fingerprint density at radius 3 is 2.53 bits per heavy atom. The zero-order valence-electron chi connectivity index (χ0n) is 7.45. The number of benzene rings is 1. The Labute approximate surface area is 93.0 Å². The van der Waals surface area contributed by atoms with Crippen molar-refractivity contribution < 1.29 is 13.5 Å². The van der Waals surface area contributed by atoms with E-state index in [0.717, 1.165) is 9.86 Å². The highest BCUT2D eigenvalue weighted by atomic mass is 79.9. The van der Waals surface area contributed by atoms with Gasteiger partial charge in [-0.05, 0) is 22.0 Å². The van der Waals surface area contributed by atoms with Gasteiger partial charge in [0.2, 0.25) is 5.88 Å². The average molecular weight is 274 g/mol. The molecule has 0 saturated carbocycles. The number of halogens is 3. The molecular weight excluding hydrogens is 268 g/mol. The van der Waals surface area contributed by atoms with Crippen molar-refractivity contribution in [2.24, 2.45) is 0 Å². The number of ether oxygens (including phenoxy) is 1. The van der Waals surface area contributed by atoms with Crippen molar-refractivity contribution in [1.29, 1.82) is 0 Å². The van der Waals surface area contributed by atoms with Gasteiger partial charge in [-0.25, -0.2) is 4.98 Å². The Balaban J connectivity index is 2.61. The molecule has 0 amide bonds. The molecule has 0 atom stereocenters. The first-order valence-corrected chi connectivity index (χ1v) is 4.96. The van der Waals surface area contributed by atoms with Crippen LogP contribution < -0.4 is 4.74 Å². The number of aromatic nitrogens is 1. The van der Waals surface area contributed by atoms with E-state index in [1.807, 2.05) is 6.07 Å². The van der Waals surface area contributed by atoms with Gasteiger partial charge in [0.05, 0.1) is 0 Å². The predicted octanol–water partition coefficient (Wildman–Crippen LogP) is 3.60. The molecule has 1 heterocycles. The number of pyridine rings is 1. The molecule has 0 aliphatic carbocycles. The van der Waals surface area contributed by atoms with Crippen molar-refractivity contribution in [3.63, 3.8) is 0 Å². The first kappa shape index (κ1) is 10.3. The maximum Gasteiger partial charge on any atom is 0.388 e. The van der Waals surface area contributed by atoms with Gasteiger partial charge in [0.25, 0.3) is 0 Å². The van der Waals surface area contributed by atoms with Gasteiger partial charge < -0.3 is 4.74 Å². The Kier molecular flexibility index (Phi) is 2.81. The molecule has 0 unspecified atom stereocenters. The summed E-state index contributed by atoms with van der Waals surface area (Å²) in [5.41, 5.74) is 0. The van der Waals surface area contributed by atoms with Crippen LogP contribution in [0.15, 0.2) is 34.9 Å². The number of hydrogen-bond acceptors (Lipinski definition) is 2. The zero-order valence-corrected chi connectivity index (χ0v) is 9.04. The number of nitrogens with zero attached hydrogens (tertiary/aromatic N) is 1. The Morgan fingerprint density at radius 2 is 1.87 bits per heavy atom. The number of alkyl halides is 2. The molecule has 78 valence electrons. The van der Waals surface area contributed by atoms with Gasteiger partial charge in [0.1, 0.15) is 0 Å². The van der Waals surface area contributed by atoms with Gasteiger partial charge >= 0.3 is 6.61 Å². The Bertz CT molecular complexity index is 490. The van der Waals surface area contributed by atoms with Crippen LogP contribution in [0.4, 0.5) is 8.78 Å². The summed E-state index contributed by atoms with van der Waals surface area (Å²) >= 11 is 3.29. The van der Waals surface area contributed by atoms with Crippen LogP contribution in [0.25, 0.3) is 10.8 Å². The monoisotopic (exact) mass is 273 g/mol. The average Bonchev–Trinajstić information content (AvgIpc) is 2.22. The third kappa shape index (κ3) is 2.07. The number of fused-ring (bicyclic) bond motifs is 1. The van der Waals surface area contributed by atoms with E-state index in [1.165, 1.54) is 6.20 Å². The molecule has 0 spiro atoms. The minimum atomic E-state index is -2.86.